The van der Waals surface area contributed by atoms with Crippen LogP contribution in [0.4, 0.5) is 0 Å². The van der Waals surface area contributed by atoms with Crippen LogP contribution in [0.2, 0.25) is 0 Å². The molecule has 5 nitrogen and oxygen atoms in total. The summed E-state index contributed by atoms with van der Waals surface area (Å²) < 4.78 is 31.9. The zero-order chi connectivity index (χ0) is 14.2. The van der Waals surface area contributed by atoms with Gasteiger partial charge in [-0.25, -0.2) is 12.7 Å². The highest BCUT2D eigenvalue weighted by Gasteiger charge is 2.43. The van der Waals surface area contributed by atoms with Crippen LogP contribution in [-0.4, -0.2) is 68.8 Å². The number of piperidine rings is 1. The molecular weight excluding hydrogens is 276 g/mol. The van der Waals surface area contributed by atoms with Gasteiger partial charge in [0, 0.05) is 32.2 Å². The second kappa shape index (κ2) is 5.55. The van der Waals surface area contributed by atoms with Crippen LogP contribution in [0.15, 0.2) is 0 Å². The lowest BCUT2D eigenvalue weighted by Crippen LogP contribution is -2.50. The quantitative estimate of drug-likeness (QED) is 0.775. The average molecular weight is 302 g/mol. The summed E-state index contributed by atoms with van der Waals surface area (Å²) in [5, 5.41) is 0. The van der Waals surface area contributed by atoms with Gasteiger partial charge in [0.25, 0.3) is 0 Å². The van der Waals surface area contributed by atoms with E-state index in [2.05, 4.69) is 11.8 Å². The van der Waals surface area contributed by atoms with Gasteiger partial charge in [-0.15, -0.1) is 0 Å². The van der Waals surface area contributed by atoms with Crippen LogP contribution in [0.5, 0.6) is 0 Å². The van der Waals surface area contributed by atoms with Crippen molar-refractivity contribution in [2.45, 2.75) is 38.6 Å². The topological polar surface area (TPSA) is 49.9 Å². The number of hydrogen-bond acceptors (Lipinski definition) is 4. The van der Waals surface area contributed by atoms with Gasteiger partial charge in [0.1, 0.15) is 0 Å². The van der Waals surface area contributed by atoms with Crippen LogP contribution in [0, 0.1) is 5.41 Å². The van der Waals surface area contributed by atoms with Crippen LogP contribution in [0.3, 0.4) is 0 Å². The molecule has 1 aliphatic carbocycles. The van der Waals surface area contributed by atoms with Gasteiger partial charge in [-0.1, -0.05) is 6.92 Å². The maximum Gasteiger partial charge on any atom is 0.214 e. The van der Waals surface area contributed by atoms with Crippen molar-refractivity contribution >= 4 is 10.0 Å². The Balaban J connectivity index is 1.52. The summed E-state index contributed by atoms with van der Waals surface area (Å²) in [5.41, 5.74) is 0.0693. The predicted octanol–water partition coefficient (Wildman–Crippen LogP) is 0.913. The monoisotopic (exact) mass is 302 g/mol. The first-order chi connectivity index (χ1) is 9.49. The largest absolute Gasteiger partial charge is 0.379 e. The molecule has 2 heterocycles. The van der Waals surface area contributed by atoms with Gasteiger partial charge in [0.15, 0.2) is 0 Å². The van der Waals surface area contributed by atoms with Gasteiger partial charge >= 0.3 is 0 Å². The number of ether oxygens (including phenoxy) is 1. The summed E-state index contributed by atoms with van der Waals surface area (Å²) in [6.45, 7) is 7.10. The number of sulfonamides is 1. The molecule has 0 spiro atoms. The molecule has 0 atom stereocenters. The molecule has 3 fully saturated rings. The van der Waals surface area contributed by atoms with E-state index in [1.807, 2.05) is 0 Å². The Morgan fingerprint density at radius 1 is 1.10 bits per heavy atom. The molecular formula is C14H26N2O3S. The molecule has 3 aliphatic rings. The zero-order valence-electron chi connectivity index (χ0n) is 12.4. The van der Waals surface area contributed by atoms with Crippen molar-refractivity contribution in [2.24, 2.45) is 5.41 Å². The highest BCUT2D eigenvalue weighted by atomic mass is 32.2. The fraction of sp³-hybridized carbons (Fsp3) is 1.00. The van der Waals surface area contributed by atoms with Gasteiger partial charge in [-0.05, 0) is 31.1 Å². The third kappa shape index (κ3) is 3.35. The van der Waals surface area contributed by atoms with E-state index in [1.54, 1.807) is 4.31 Å². The normalized spacial score (nSPS) is 29.4. The first-order valence-electron chi connectivity index (χ1n) is 7.78. The Kier molecular flexibility index (Phi) is 4.10. The summed E-state index contributed by atoms with van der Waals surface area (Å²) in [6.07, 6.45) is 4.07. The molecule has 20 heavy (non-hydrogen) atoms. The average Bonchev–Trinajstić information content (AvgIpc) is 3.16. The molecule has 0 aromatic carbocycles. The molecule has 0 amide bonds. The van der Waals surface area contributed by atoms with Gasteiger partial charge in [0.2, 0.25) is 10.0 Å². The maximum atomic E-state index is 12.4. The molecule has 0 unspecified atom stereocenters. The van der Waals surface area contributed by atoms with E-state index < -0.39 is 10.0 Å². The van der Waals surface area contributed by atoms with Crippen LogP contribution >= 0.6 is 0 Å². The van der Waals surface area contributed by atoms with E-state index in [-0.39, 0.29) is 5.41 Å². The molecule has 2 saturated heterocycles. The van der Waals surface area contributed by atoms with Crippen molar-refractivity contribution in [1.29, 1.82) is 0 Å². The SMILES string of the molecule is CC1(CS(=O)(=O)N2CCC(N3CCOCC3)CC2)CC1. The minimum Gasteiger partial charge on any atom is -0.379 e. The smallest absolute Gasteiger partial charge is 0.214 e. The molecule has 116 valence electrons. The Morgan fingerprint density at radius 3 is 2.25 bits per heavy atom. The first kappa shape index (κ1) is 14.8. The lowest BCUT2D eigenvalue weighted by Gasteiger charge is -2.39. The zero-order valence-corrected chi connectivity index (χ0v) is 13.2. The van der Waals surface area contributed by atoms with E-state index in [0.29, 0.717) is 24.9 Å². The Labute approximate surface area is 122 Å². The first-order valence-corrected chi connectivity index (χ1v) is 9.39. The van der Waals surface area contributed by atoms with Crippen molar-refractivity contribution in [3.63, 3.8) is 0 Å². The van der Waals surface area contributed by atoms with Gasteiger partial charge in [0.05, 0.1) is 19.0 Å². The summed E-state index contributed by atoms with van der Waals surface area (Å²) in [5.74, 6) is 0.349. The number of nitrogens with zero attached hydrogens (tertiary/aromatic N) is 2. The van der Waals surface area contributed by atoms with E-state index in [1.165, 1.54) is 0 Å². The molecule has 0 radical (unpaired) electrons. The number of rotatable bonds is 4. The van der Waals surface area contributed by atoms with Crippen LogP contribution in [0.25, 0.3) is 0 Å². The molecule has 0 aromatic heterocycles. The van der Waals surface area contributed by atoms with Crippen LogP contribution < -0.4 is 0 Å². The molecule has 1 saturated carbocycles. The second-order valence-electron chi connectivity index (χ2n) is 6.85. The molecule has 0 N–H and O–H groups in total. The highest BCUT2D eigenvalue weighted by Crippen LogP contribution is 2.46. The van der Waals surface area contributed by atoms with E-state index >= 15 is 0 Å². The second-order valence-corrected chi connectivity index (χ2v) is 8.81. The third-order valence-corrected chi connectivity index (χ3v) is 7.23. The van der Waals surface area contributed by atoms with E-state index in [4.69, 9.17) is 4.74 Å². The van der Waals surface area contributed by atoms with E-state index in [9.17, 15) is 8.42 Å². The number of hydrogen-bond donors (Lipinski definition) is 0. The minimum atomic E-state index is -3.04. The number of morpholine rings is 1. The molecule has 0 aromatic rings. The molecule has 0 bridgehead atoms. The Hall–Kier alpha value is -0.170. The summed E-state index contributed by atoms with van der Waals surface area (Å²) in [4.78, 5) is 2.47. The van der Waals surface area contributed by atoms with Crippen molar-refractivity contribution in [2.75, 3.05) is 45.1 Å². The molecule has 6 heteroatoms. The fourth-order valence-electron chi connectivity index (χ4n) is 3.32. The Morgan fingerprint density at radius 2 is 1.70 bits per heavy atom. The van der Waals surface area contributed by atoms with Crippen molar-refractivity contribution < 1.29 is 13.2 Å². The summed E-state index contributed by atoms with van der Waals surface area (Å²) in [7, 11) is -3.04. The van der Waals surface area contributed by atoms with Crippen molar-refractivity contribution in [3.8, 4) is 0 Å². The van der Waals surface area contributed by atoms with Gasteiger partial charge in [-0.3, -0.25) is 4.90 Å². The fourth-order valence-corrected chi connectivity index (χ4v) is 5.44. The van der Waals surface area contributed by atoms with Crippen LogP contribution in [-0.2, 0) is 14.8 Å². The molecule has 2 aliphatic heterocycles. The third-order valence-electron chi connectivity index (χ3n) is 5.01. The lowest BCUT2D eigenvalue weighted by molar-refractivity contribution is 0.00608. The van der Waals surface area contributed by atoms with Gasteiger partial charge < -0.3 is 4.74 Å². The molecule has 3 rings (SSSR count). The lowest BCUT2D eigenvalue weighted by atomic mass is 10.0. The Bertz CT molecular complexity index is 433. The van der Waals surface area contributed by atoms with Crippen molar-refractivity contribution in [1.82, 2.24) is 9.21 Å². The minimum absolute atomic E-state index is 0.0693. The predicted molar refractivity (Wildman–Crippen MR) is 78.1 cm³/mol. The van der Waals surface area contributed by atoms with Gasteiger partial charge in [-0.2, -0.15) is 0 Å². The maximum absolute atomic E-state index is 12.4. The van der Waals surface area contributed by atoms with E-state index in [0.717, 1.165) is 52.0 Å². The van der Waals surface area contributed by atoms with Crippen LogP contribution in [0.1, 0.15) is 32.6 Å². The highest BCUT2D eigenvalue weighted by molar-refractivity contribution is 7.89. The summed E-state index contributed by atoms with van der Waals surface area (Å²) in [6, 6.07) is 0.543. The van der Waals surface area contributed by atoms with Crippen molar-refractivity contribution in [3.05, 3.63) is 0 Å². The summed E-state index contributed by atoms with van der Waals surface area (Å²) >= 11 is 0. The standard InChI is InChI=1S/C14H26N2O3S/c1-14(4-5-14)12-20(17,18)16-6-2-13(3-7-16)15-8-10-19-11-9-15/h13H,2-12H2,1H3.